The zero-order chi connectivity index (χ0) is 13.2. The molecule has 0 bridgehead atoms. The van der Waals surface area contributed by atoms with Gasteiger partial charge in [-0.25, -0.2) is 4.39 Å². The Morgan fingerprint density at radius 1 is 1.21 bits per heavy atom. The van der Waals surface area contributed by atoms with Gasteiger partial charge < -0.3 is 10.1 Å². The summed E-state index contributed by atoms with van der Waals surface area (Å²) in [5.41, 5.74) is 0.566. The van der Waals surface area contributed by atoms with Crippen molar-refractivity contribution in [1.29, 1.82) is 0 Å². The fourth-order valence-electron chi connectivity index (χ4n) is 1.61. The number of anilines is 1. The number of aromatic nitrogens is 4. The molecular formula is C12H10FN5O. The average Bonchev–Trinajstić information content (AvgIpc) is 2.89. The highest BCUT2D eigenvalue weighted by atomic mass is 19.1. The summed E-state index contributed by atoms with van der Waals surface area (Å²) >= 11 is 0. The van der Waals surface area contributed by atoms with E-state index in [0.29, 0.717) is 28.6 Å². The molecule has 0 aliphatic carbocycles. The van der Waals surface area contributed by atoms with Crippen LogP contribution in [0.2, 0.25) is 0 Å². The zero-order valence-electron chi connectivity index (χ0n) is 10.0. The van der Waals surface area contributed by atoms with Crippen molar-refractivity contribution in [3.8, 4) is 11.6 Å². The van der Waals surface area contributed by atoms with Crippen LogP contribution in [0.4, 0.5) is 10.3 Å². The first-order chi connectivity index (χ1) is 9.26. The van der Waals surface area contributed by atoms with Crippen LogP contribution in [0, 0.1) is 5.82 Å². The third-order valence-corrected chi connectivity index (χ3v) is 2.53. The molecule has 0 unspecified atom stereocenters. The van der Waals surface area contributed by atoms with Gasteiger partial charge in [0.25, 0.3) is 0 Å². The smallest absolute Gasteiger partial charge is 0.235 e. The fraction of sp³-hybridized carbons (Fsp3) is 0.0833. The van der Waals surface area contributed by atoms with Gasteiger partial charge in [0.05, 0.1) is 6.20 Å². The Balaban J connectivity index is 2.03. The molecule has 19 heavy (non-hydrogen) atoms. The molecule has 0 amide bonds. The molecule has 0 radical (unpaired) electrons. The molecule has 2 heterocycles. The molecule has 0 saturated carbocycles. The van der Waals surface area contributed by atoms with Gasteiger partial charge in [-0.3, -0.25) is 5.10 Å². The Hall–Kier alpha value is -2.70. The molecule has 6 nitrogen and oxygen atoms in total. The van der Waals surface area contributed by atoms with Gasteiger partial charge in [0, 0.05) is 7.05 Å². The maximum atomic E-state index is 12.8. The minimum atomic E-state index is -0.320. The monoisotopic (exact) mass is 259 g/mol. The molecule has 0 spiro atoms. The van der Waals surface area contributed by atoms with E-state index in [1.807, 2.05) is 0 Å². The number of benzene rings is 1. The lowest BCUT2D eigenvalue weighted by molar-refractivity contribution is 0.467. The van der Waals surface area contributed by atoms with E-state index in [0.717, 1.165) is 0 Å². The van der Waals surface area contributed by atoms with Crippen molar-refractivity contribution in [3.05, 3.63) is 36.3 Å². The highest BCUT2D eigenvalue weighted by molar-refractivity contribution is 5.80. The van der Waals surface area contributed by atoms with Crippen molar-refractivity contribution in [2.75, 3.05) is 12.4 Å². The van der Waals surface area contributed by atoms with E-state index in [9.17, 15) is 4.39 Å². The van der Waals surface area contributed by atoms with Crippen LogP contribution in [-0.2, 0) is 0 Å². The number of nitrogens with one attached hydrogen (secondary N) is 2. The van der Waals surface area contributed by atoms with E-state index < -0.39 is 0 Å². The summed E-state index contributed by atoms with van der Waals surface area (Å²) in [5.74, 6) is 0.938. The molecule has 96 valence electrons. The minimum Gasteiger partial charge on any atom is -0.438 e. The van der Waals surface area contributed by atoms with E-state index in [4.69, 9.17) is 4.74 Å². The predicted octanol–water partition coefficient (Wildman–Crippen LogP) is 2.33. The molecule has 1 aromatic carbocycles. The summed E-state index contributed by atoms with van der Waals surface area (Å²) in [6, 6.07) is 5.70. The van der Waals surface area contributed by atoms with Crippen molar-refractivity contribution in [2.24, 2.45) is 0 Å². The summed E-state index contributed by atoms with van der Waals surface area (Å²) in [7, 11) is 1.71. The van der Waals surface area contributed by atoms with E-state index in [1.165, 1.54) is 24.3 Å². The molecule has 0 aliphatic heterocycles. The van der Waals surface area contributed by atoms with Crippen molar-refractivity contribution in [3.63, 3.8) is 0 Å². The number of hydrogen-bond acceptors (Lipinski definition) is 5. The predicted molar refractivity (Wildman–Crippen MR) is 67.7 cm³/mol. The molecular weight excluding hydrogens is 249 g/mol. The number of fused-ring (bicyclic) bond motifs is 1. The maximum Gasteiger partial charge on any atom is 0.235 e. The second kappa shape index (κ2) is 4.52. The van der Waals surface area contributed by atoms with E-state index in [1.54, 1.807) is 13.2 Å². The summed E-state index contributed by atoms with van der Waals surface area (Å²) < 4.78 is 18.5. The maximum absolute atomic E-state index is 12.8. The van der Waals surface area contributed by atoms with Gasteiger partial charge in [-0.15, -0.1) is 0 Å². The van der Waals surface area contributed by atoms with Crippen LogP contribution < -0.4 is 10.1 Å². The number of rotatable bonds is 3. The first-order valence-corrected chi connectivity index (χ1v) is 5.58. The van der Waals surface area contributed by atoms with Gasteiger partial charge in [-0.1, -0.05) is 0 Å². The van der Waals surface area contributed by atoms with Crippen LogP contribution in [0.5, 0.6) is 11.6 Å². The zero-order valence-corrected chi connectivity index (χ0v) is 10.0. The molecule has 2 aromatic heterocycles. The minimum absolute atomic E-state index is 0.320. The lowest BCUT2D eigenvalue weighted by Crippen LogP contribution is -1.99. The van der Waals surface area contributed by atoms with Gasteiger partial charge >= 0.3 is 0 Å². The second-order valence-electron chi connectivity index (χ2n) is 3.79. The van der Waals surface area contributed by atoms with E-state index >= 15 is 0 Å². The Morgan fingerprint density at radius 2 is 2.00 bits per heavy atom. The number of hydrogen-bond donors (Lipinski definition) is 2. The Bertz CT molecular complexity index is 710. The lowest BCUT2D eigenvalue weighted by atomic mass is 10.3. The number of halogens is 1. The van der Waals surface area contributed by atoms with Crippen LogP contribution >= 0.6 is 0 Å². The third kappa shape index (κ3) is 2.17. The Kier molecular flexibility index (Phi) is 2.71. The van der Waals surface area contributed by atoms with Crippen LogP contribution in [-0.4, -0.2) is 27.2 Å². The molecule has 2 N–H and O–H groups in total. The molecule has 0 saturated heterocycles. The van der Waals surface area contributed by atoms with E-state index in [-0.39, 0.29) is 5.82 Å². The second-order valence-corrected chi connectivity index (χ2v) is 3.79. The van der Waals surface area contributed by atoms with Crippen LogP contribution in [0.25, 0.3) is 11.0 Å². The molecule has 0 atom stereocenters. The third-order valence-electron chi connectivity index (χ3n) is 2.53. The molecule has 0 fully saturated rings. The fourth-order valence-corrected chi connectivity index (χ4v) is 1.61. The molecule has 7 heteroatoms. The summed E-state index contributed by atoms with van der Waals surface area (Å²) in [4.78, 5) is 8.40. The number of H-pyrrole nitrogens is 1. The van der Waals surface area contributed by atoms with Gasteiger partial charge in [0.2, 0.25) is 11.8 Å². The summed E-state index contributed by atoms with van der Waals surface area (Å²) in [5, 5.41) is 10.1. The number of nitrogens with zero attached hydrogens (tertiary/aromatic N) is 3. The topological polar surface area (TPSA) is 75.7 Å². The Labute approximate surface area is 107 Å². The molecule has 3 aromatic rings. The first kappa shape index (κ1) is 11.4. The standard InChI is InChI=1S/C12H10FN5O/c1-14-12-16-10-9(6-15-18-10)11(17-12)19-8-4-2-7(13)3-5-8/h2-6H,1H3,(H2,14,15,16,17,18). The van der Waals surface area contributed by atoms with Gasteiger partial charge in [-0.05, 0) is 24.3 Å². The van der Waals surface area contributed by atoms with E-state index in [2.05, 4.69) is 25.5 Å². The van der Waals surface area contributed by atoms with Crippen molar-refractivity contribution in [2.45, 2.75) is 0 Å². The SMILES string of the molecule is CNc1nc(Oc2ccc(F)cc2)c2cn[nH]c2n1. The average molecular weight is 259 g/mol. The highest BCUT2D eigenvalue weighted by Crippen LogP contribution is 2.27. The largest absolute Gasteiger partial charge is 0.438 e. The highest BCUT2D eigenvalue weighted by Gasteiger charge is 2.11. The normalized spacial score (nSPS) is 10.6. The van der Waals surface area contributed by atoms with Gasteiger partial charge in [0.15, 0.2) is 5.65 Å². The number of aromatic amines is 1. The van der Waals surface area contributed by atoms with Crippen molar-refractivity contribution >= 4 is 17.0 Å². The Morgan fingerprint density at radius 3 is 2.74 bits per heavy atom. The van der Waals surface area contributed by atoms with Crippen molar-refractivity contribution < 1.29 is 9.13 Å². The van der Waals surface area contributed by atoms with Crippen molar-refractivity contribution in [1.82, 2.24) is 20.2 Å². The number of ether oxygens (including phenoxy) is 1. The van der Waals surface area contributed by atoms with Crippen LogP contribution in [0.15, 0.2) is 30.5 Å². The summed E-state index contributed by atoms with van der Waals surface area (Å²) in [6.45, 7) is 0. The van der Waals surface area contributed by atoms with Crippen LogP contribution in [0.1, 0.15) is 0 Å². The van der Waals surface area contributed by atoms with Gasteiger partial charge in [0.1, 0.15) is 17.0 Å². The summed E-state index contributed by atoms with van der Waals surface area (Å²) in [6.07, 6.45) is 1.58. The first-order valence-electron chi connectivity index (χ1n) is 5.58. The lowest BCUT2D eigenvalue weighted by Gasteiger charge is -2.07. The van der Waals surface area contributed by atoms with Gasteiger partial charge in [-0.2, -0.15) is 15.1 Å². The van der Waals surface area contributed by atoms with Crippen LogP contribution in [0.3, 0.4) is 0 Å². The quantitative estimate of drug-likeness (QED) is 0.755. The molecule has 0 aliphatic rings. The molecule has 3 rings (SSSR count).